The van der Waals surface area contributed by atoms with E-state index in [0.717, 1.165) is 17.2 Å². The van der Waals surface area contributed by atoms with Crippen LogP contribution in [0.2, 0.25) is 0 Å². The fourth-order valence-corrected chi connectivity index (χ4v) is 2.64. The number of rotatable bonds is 4. The first-order valence-corrected chi connectivity index (χ1v) is 6.82. The zero-order valence-electron chi connectivity index (χ0n) is 10.5. The van der Waals surface area contributed by atoms with Crippen molar-refractivity contribution in [1.82, 2.24) is 13.6 Å². The zero-order valence-corrected chi connectivity index (χ0v) is 11.3. The van der Waals surface area contributed by atoms with Crippen molar-refractivity contribution in [1.29, 1.82) is 0 Å². The van der Waals surface area contributed by atoms with Crippen LogP contribution in [0.1, 0.15) is 6.42 Å². The number of benzene rings is 1. The van der Waals surface area contributed by atoms with E-state index in [1.807, 2.05) is 6.07 Å². The first-order valence-electron chi connectivity index (χ1n) is 6.09. The van der Waals surface area contributed by atoms with Gasteiger partial charge in [-0.1, -0.05) is 6.07 Å². The second-order valence-electron chi connectivity index (χ2n) is 4.47. The molecule has 2 aromatic rings. The van der Waals surface area contributed by atoms with Crippen LogP contribution in [0.5, 0.6) is 5.75 Å². The quantitative estimate of drug-likeness (QED) is 0.865. The summed E-state index contributed by atoms with van der Waals surface area (Å²) in [5.74, 6) is -0.212. The van der Waals surface area contributed by atoms with Crippen molar-refractivity contribution in [3.63, 3.8) is 0 Å². The molecule has 1 saturated heterocycles. The smallest absolute Gasteiger partial charge is 0.261 e. The van der Waals surface area contributed by atoms with Gasteiger partial charge in [0.1, 0.15) is 22.8 Å². The second kappa shape index (κ2) is 5.04. The lowest BCUT2D eigenvalue weighted by Gasteiger charge is -2.38. The number of primary amides is 1. The zero-order chi connectivity index (χ0) is 14.1. The van der Waals surface area contributed by atoms with Crippen molar-refractivity contribution in [2.75, 3.05) is 13.2 Å². The molecule has 0 spiro atoms. The predicted molar refractivity (Wildman–Crippen MR) is 72.2 cm³/mol. The predicted octanol–water partition coefficient (Wildman–Crippen LogP) is 0.156. The molecule has 20 heavy (non-hydrogen) atoms. The highest BCUT2D eigenvalue weighted by molar-refractivity contribution is 7.00. The van der Waals surface area contributed by atoms with Crippen LogP contribution in [0.15, 0.2) is 18.2 Å². The third kappa shape index (κ3) is 2.18. The summed E-state index contributed by atoms with van der Waals surface area (Å²) in [5.41, 5.74) is 6.58. The third-order valence-electron chi connectivity index (χ3n) is 3.27. The van der Waals surface area contributed by atoms with E-state index in [1.54, 1.807) is 12.1 Å². The highest BCUT2D eigenvalue weighted by atomic mass is 32.1. The maximum absolute atomic E-state index is 11.9. The molecule has 1 aromatic carbocycles. The molecule has 2 N–H and O–H groups in total. The summed E-state index contributed by atoms with van der Waals surface area (Å²) in [5, 5.41) is 0. The molecule has 3 rings (SSSR count). The molecule has 1 aromatic heterocycles. The molecular formula is C12H12N4O3S. The Morgan fingerprint density at radius 2 is 2.30 bits per heavy atom. The summed E-state index contributed by atoms with van der Waals surface area (Å²) < 4.78 is 13.7. The largest absolute Gasteiger partial charge is 0.481 e. The van der Waals surface area contributed by atoms with E-state index >= 15 is 0 Å². The Labute approximate surface area is 118 Å². The molecule has 1 aliphatic heterocycles. The van der Waals surface area contributed by atoms with Gasteiger partial charge in [-0.15, -0.1) is 0 Å². The lowest BCUT2D eigenvalue weighted by Crippen LogP contribution is -2.58. The molecule has 0 unspecified atom stereocenters. The molecular weight excluding hydrogens is 280 g/mol. The first-order chi connectivity index (χ1) is 9.66. The number of amides is 2. The van der Waals surface area contributed by atoms with Crippen molar-refractivity contribution in [2.24, 2.45) is 5.73 Å². The van der Waals surface area contributed by atoms with Gasteiger partial charge in [0.15, 0.2) is 6.61 Å². The van der Waals surface area contributed by atoms with E-state index in [1.165, 1.54) is 4.90 Å². The SMILES string of the molecule is NC(=O)[C@@H]1CCN1C(=O)COc1cccc2nsnc12. The topological polar surface area (TPSA) is 98.4 Å². The van der Waals surface area contributed by atoms with Crippen LogP contribution < -0.4 is 10.5 Å². The summed E-state index contributed by atoms with van der Waals surface area (Å²) in [7, 11) is 0. The lowest BCUT2D eigenvalue weighted by atomic mass is 10.0. The molecule has 104 valence electrons. The molecule has 0 aliphatic carbocycles. The Kier molecular flexibility index (Phi) is 3.23. The number of carbonyl (C=O) groups is 2. The van der Waals surface area contributed by atoms with E-state index in [-0.39, 0.29) is 12.5 Å². The minimum Gasteiger partial charge on any atom is -0.481 e. The number of hydrogen-bond acceptors (Lipinski definition) is 6. The first kappa shape index (κ1) is 12.8. The molecule has 2 amide bonds. The average molecular weight is 292 g/mol. The number of hydrogen-bond donors (Lipinski definition) is 1. The minimum absolute atomic E-state index is 0.138. The number of nitrogens with zero attached hydrogens (tertiary/aromatic N) is 3. The van der Waals surface area contributed by atoms with Gasteiger partial charge < -0.3 is 15.4 Å². The summed E-state index contributed by atoms with van der Waals surface area (Å²) in [6, 6.07) is 4.85. The monoisotopic (exact) mass is 292 g/mol. The van der Waals surface area contributed by atoms with Crippen LogP contribution in [0.25, 0.3) is 11.0 Å². The number of carbonyl (C=O) groups excluding carboxylic acids is 2. The van der Waals surface area contributed by atoms with Gasteiger partial charge >= 0.3 is 0 Å². The van der Waals surface area contributed by atoms with Crippen LogP contribution in [0.3, 0.4) is 0 Å². The van der Waals surface area contributed by atoms with Crippen LogP contribution in [0.4, 0.5) is 0 Å². The fourth-order valence-electron chi connectivity index (χ4n) is 2.10. The van der Waals surface area contributed by atoms with E-state index < -0.39 is 11.9 Å². The molecule has 0 saturated carbocycles. The normalized spacial score (nSPS) is 17.8. The number of ether oxygens (including phenoxy) is 1. The standard InChI is InChI=1S/C12H12N4O3S/c13-12(18)8-4-5-16(8)10(17)6-19-9-3-1-2-7-11(9)15-20-14-7/h1-3,8H,4-6H2,(H2,13,18)/t8-/m0/s1. The van der Waals surface area contributed by atoms with Crippen molar-refractivity contribution in [3.8, 4) is 5.75 Å². The van der Waals surface area contributed by atoms with Gasteiger partial charge in [0.25, 0.3) is 5.91 Å². The molecule has 8 heteroatoms. The van der Waals surface area contributed by atoms with Gasteiger partial charge in [-0.05, 0) is 18.6 Å². The Bertz CT molecular complexity index is 672. The van der Waals surface area contributed by atoms with Crippen molar-refractivity contribution in [2.45, 2.75) is 12.5 Å². The summed E-state index contributed by atoms with van der Waals surface area (Å²) in [6.45, 7) is 0.401. The fraction of sp³-hybridized carbons (Fsp3) is 0.333. The Balaban J connectivity index is 1.66. The molecule has 2 heterocycles. The number of likely N-dealkylation sites (tertiary alicyclic amines) is 1. The van der Waals surface area contributed by atoms with Gasteiger partial charge in [-0.3, -0.25) is 9.59 Å². The Hall–Kier alpha value is -2.22. The molecule has 1 atom stereocenters. The summed E-state index contributed by atoms with van der Waals surface area (Å²) >= 11 is 1.09. The summed E-state index contributed by atoms with van der Waals surface area (Å²) in [4.78, 5) is 24.5. The average Bonchev–Trinajstić information content (AvgIpc) is 2.82. The van der Waals surface area contributed by atoms with E-state index in [0.29, 0.717) is 24.2 Å². The van der Waals surface area contributed by atoms with Gasteiger partial charge in [-0.2, -0.15) is 8.75 Å². The van der Waals surface area contributed by atoms with E-state index in [2.05, 4.69) is 8.75 Å². The van der Waals surface area contributed by atoms with Crippen LogP contribution in [0, 0.1) is 0 Å². The van der Waals surface area contributed by atoms with Crippen LogP contribution >= 0.6 is 11.7 Å². The molecule has 7 nitrogen and oxygen atoms in total. The highest BCUT2D eigenvalue weighted by Gasteiger charge is 2.36. The highest BCUT2D eigenvalue weighted by Crippen LogP contribution is 2.24. The maximum Gasteiger partial charge on any atom is 0.261 e. The van der Waals surface area contributed by atoms with E-state index in [4.69, 9.17) is 10.5 Å². The van der Waals surface area contributed by atoms with Crippen molar-refractivity contribution < 1.29 is 14.3 Å². The lowest BCUT2D eigenvalue weighted by molar-refractivity contribution is -0.147. The van der Waals surface area contributed by atoms with Crippen molar-refractivity contribution >= 4 is 34.6 Å². The van der Waals surface area contributed by atoms with Gasteiger partial charge in [0, 0.05) is 6.54 Å². The molecule has 1 fully saturated rings. The van der Waals surface area contributed by atoms with E-state index in [9.17, 15) is 9.59 Å². The minimum atomic E-state index is -0.497. The molecule has 0 radical (unpaired) electrons. The van der Waals surface area contributed by atoms with Crippen molar-refractivity contribution in [3.05, 3.63) is 18.2 Å². The second-order valence-corrected chi connectivity index (χ2v) is 5.00. The van der Waals surface area contributed by atoms with Gasteiger partial charge in [-0.25, -0.2) is 0 Å². The van der Waals surface area contributed by atoms with Crippen LogP contribution in [-0.2, 0) is 9.59 Å². The summed E-state index contributed by atoms with van der Waals surface area (Å²) in [6.07, 6.45) is 0.618. The van der Waals surface area contributed by atoms with Gasteiger partial charge in [0.05, 0.1) is 11.7 Å². The number of fused-ring (bicyclic) bond motifs is 1. The van der Waals surface area contributed by atoms with Crippen LogP contribution in [-0.4, -0.2) is 44.7 Å². The maximum atomic E-state index is 11.9. The molecule has 0 bridgehead atoms. The third-order valence-corrected chi connectivity index (χ3v) is 3.81. The Morgan fingerprint density at radius 3 is 3.00 bits per heavy atom. The number of aromatic nitrogens is 2. The number of nitrogens with two attached hydrogens (primary N) is 1. The molecule has 1 aliphatic rings. The Morgan fingerprint density at radius 1 is 1.45 bits per heavy atom. The van der Waals surface area contributed by atoms with Gasteiger partial charge in [0.2, 0.25) is 5.91 Å².